The van der Waals surface area contributed by atoms with Gasteiger partial charge in [0, 0.05) is 7.11 Å². The van der Waals surface area contributed by atoms with E-state index in [1.54, 1.807) is 0 Å². The molecule has 2 aromatic rings. The molecule has 0 aliphatic rings. The SMILES string of the molecule is CO.O=C(CF)OCCOc1c(F)c(F)c(F)c(F)c1F.O=C(O)CF.O=S(=O)([O-])F.O=S(=O)([O-])F.[Na+].[Na+].[OH2+]CCOc1c(F)c(F)c(F)c(F)c1F. The quantitative estimate of drug-likeness (QED) is 0.0284. The van der Waals surface area contributed by atoms with Crippen molar-refractivity contribution in [3.05, 3.63) is 58.2 Å². The molecular formula is C21H19F14Na2O14S2+. The van der Waals surface area contributed by atoms with Crippen LogP contribution >= 0.6 is 0 Å². The predicted molar refractivity (Wildman–Crippen MR) is 132 cm³/mol. The van der Waals surface area contributed by atoms with Gasteiger partial charge >= 0.3 is 71.1 Å². The summed E-state index contributed by atoms with van der Waals surface area (Å²) < 4.78 is 233. The molecule has 0 spiro atoms. The van der Waals surface area contributed by atoms with E-state index < -0.39 is 136 Å². The summed E-state index contributed by atoms with van der Waals surface area (Å²) in [5.74, 6) is -26.8. The number of hydrogen-bond donors (Lipinski definition) is 2. The van der Waals surface area contributed by atoms with Crippen LogP contribution in [-0.4, -0.2) is 100 Å². The summed E-state index contributed by atoms with van der Waals surface area (Å²) >= 11 is 0. The molecule has 2 aromatic carbocycles. The molecule has 4 N–H and O–H groups in total. The van der Waals surface area contributed by atoms with Crippen molar-refractivity contribution in [3.8, 4) is 11.5 Å². The molecule has 298 valence electrons. The first-order chi connectivity index (χ1) is 23.2. The van der Waals surface area contributed by atoms with Crippen LogP contribution < -0.4 is 68.6 Å². The first kappa shape index (κ1) is 62.7. The standard InChI is InChI=1S/C10H6F6O3.C8H5F5O2.C2H3FO2.CH4O.2FHO3S.2Na/c11-3-4(17)18-1-2-19-10-8(15)6(13)5(12)7(14)9(10)16;9-3-4(10)6(12)8(15-2-1-14)7(13)5(3)11;3-1-2(4)5;1-2;2*1-5(2,3)4;;/h1-3H2;14H,1-2H2;1H2,(H,4,5);2H,1H3;2*(H,2,3,4);;/q;;;;;;2*+1/p-1. The number of carboxylic acid groups (broad SMARTS) is 1. The summed E-state index contributed by atoms with van der Waals surface area (Å²) in [7, 11) is -9.83. The first-order valence-electron chi connectivity index (χ1n) is 11.4. The van der Waals surface area contributed by atoms with Crippen LogP contribution in [0.1, 0.15) is 0 Å². The molecule has 0 fully saturated rings. The number of halogens is 14. The van der Waals surface area contributed by atoms with Crippen LogP contribution in [0.2, 0.25) is 0 Å². The van der Waals surface area contributed by atoms with Crippen molar-refractivity contribution in [1.29, 1.82) is 0 Å². The van der Waals surface area contributed by atoms with Gasteiger partial charge in [-0.3, -0.25) is 0 Å². The number of aliphatic hydroxyl groups excluding tert-OH is 1. The zero-order valence-corrected chi connectivity index (χ0v) is 31.9. The van der Waals surface area contributed by atoms with E-state index in [1.807, 2.05) is 0 Å². The summed E-state index contributed by atoms with van der Waals surface area (Å²) in [5, 5.41) is 21.0. The number of benzene rings is 2. The van der Waals surface area contributed by atoms with Crippen LogP contribution in [0.4, 0.5) is 60.5 Å². The van der Waals surface area contributed by atoms with Crippen LogP contribution in [0, 0.1) is 58.2 Å². The number of carbonyl (C=O) groups is 2. The molecule has 0 unspecified atom stereocenters. The molecule has 53 heavy (non-hydrogen) atoms. The Hall–Kier alpha value is -2.26. The molecule has 0 heterocycles. The summed E-state index contributed by atoms with van der Waals surface area (Å²) in [6, 6.07) is 0. The molecule has 2 rings (SSSR count). The predicted octanol–water partition coefficient (Wildman–Crippen LogP) is -3.75. The Bertz CT molecular complexity index is 1520. The molecular weight excluding hydrogens is 852 g/mol. The Kier molecular flexibility index (Phi) is 37.9. The molecule has 0 aromatic heterocycles. The van der Waals surface area contributed by atoms with Gasteiger partial charge in [-0.25, -0.2) is 61.5 Å². The Labute approximate surface area is 332 Å². The van der Waals surface area contributed by atoms with Gasteiger partial charge in [-0.15, -0.1) is 7.77 Å². The van der Waals surface area contributed by atoms with Crippen LogP contribution in [0.5, 0.6) is 11.5 Å². The van der Waals surface area contributed by atoms with Crippen LogP contribution in [0.25, 0.3) is 0 Å². The molecule has 0 atom stereocenters. The largest absolute Gasteiger partial charge is 1.00 e. The number of rotatable bonds is 9. The number of carbonyl (C=O) groups excluding carboxylic acids is 1. The molecule has 14 nitrogen and oxygen atoms in total. The van der Waals surface area contributed by atoms with Crippen molar-refractivity contribution < 1.29 is 185 Å². The van der Waals surface area contributed by atoms with Gasteiger partial charge in [0.25, 0.3) is 21.0 Å². The molecule has 0 aliphatic carbocycles. The Morgan fingerprint density at radius 1 is 0.585 bits per heavy atom. The molecule has 0 saturated carbocycles. The summed E-state index contributed by atoms with van der Waals surface area (Å²) in [5.41, 5.74) is 0. The Morgan fingerprint density at radius 2 is 0.811 bits per heavy atom. The fraction of sp³-hybridized carbons (Fsp3) is 0.333. The van der Waals surface area contributed by atoms with Crippen molar-refractivity contribution in [1.82, 2.24) is 0 Å². The third-order valence-electron chi connectivity index (χ3n) is 3.50. The van der Waals surface area contributed by atoms with Gasteiger partial charge in [-0.05, 0) is 0 Å². The van der Waals surface area contributed by atoms with Crippen molar-refractivity contribution in [2.75, 3.05) is 46.9 Å². The Balaban J connectivity index is -0.000000144. The minimum atomic E-state index is -5.42. The maximum Gasteiger partial charge on any atom is 1.00 e. The van der Waals surface area contributed by atoms with Crippen LogP contribution in [0.3, 0.4) is 0 Å². The number of alkyl halides is 2. The minimum absolute atomic E-state index is 0. The Morgan fingerprint density at radius 3 is 1.02 bits per heavy atom. The zero-order chi connectivity index (χ0) is 41.4. The smallest absolute Gasteiger partial charge is 0.722 e. The second-order valence-electron chi connectivity index (χ2n) is 6.91. The van der Waals surface area contributed by atoms with Crippen LogP contribution in [0.15, 0.2) is 0 Å². The molecule has 0 radical (unpaired) electrons. The van der Waals surface area contributed by atoms with E-state index in [9.17, 15) is 65.3 Å². The summed E-state index contributed by atoms with van der Waals surface area (Å²) in [6.45, 7) is -4.83. The van der Waals surface area contributed by atoms with E-state index in [1.165, 1.54) is 0 Å². The number of aliphatic hydroxyl groups is 1. The fourth-order valence-corrected chi connectivity index (χ4v) is 1.91. The van der Waals surface area contributed by atoms with Gasteiger partial charge in [0.15, 0.2) is 38.1 Å². The van der Waals surface area contributed by atoms with Gasteiger partial charge < -0.3 is 38.6 Å². The number of hydrogen-bond acceptors (Lipinski definition) is 12. The van der Waals surface area contributed by atoms with Gasteiger partial charge in [0.2, 0.25) is 58.2 Å². The van der Waals surface area contributed by atoms with Crippen molar-refractivity contribution >= 4 is 32.9 Å². The van der Waals surface area contributed by atoms with Crippen molar-refractivity contribution in [2.24, 2.45) is 0 Å². The van der Waals surface area contributed by atoms with Gasteiger partial charge in [-0.1, -0.05) is 0 Å². The van der Waals surface area contributed by atoms with E-state index in [-0.39, 0.29) is 65.7 Å². The number of ether oxygens (including phenoxy) is 3. The van der Waals surface area contributed by atoms with Gasteiger partial charge in [0.1, 0.15) is 13.2 Å². The fourth-order valence-electron chi connectivity index (χ4n) is 1.91. The van der Waals surface area contributed by atoms with Gasteiger partial charge in [-0.2, -0.15) is 17.6 Å². The first-order valence-corrected chi connectivity index (χ1v) is 14.0. The summed E-state index contributed by atoms with van der Waals surface area (Å²) in [6.07, 6.45) is 0. The minimum Gasteiger partial charge on any atom is -0.722 e. The number of carboxylic acids is 1. The zero-order valence-electron chi connectivity index (χ0n) is 26.2. The van der Waals surface area contributed by atoms with Crippen molar-refractivity contribution in [3.63, 3.8) is 0 Å². The normalized spacial score (nSPS) is 9.72. The number of aliphatic carboxylic acids is 1. The maximum absolute atomic E-state index is 13.0. The topological polar surface area (TPSA) is 240 Å². The molecule has 0 saturated heterocycles. The second-order valence-corrected chi connectivity index (χ2v) is 8.49. The summed E-state index contributed by atoms with van der Waals surface area (Å²) in [4.78, 5) is 19.3. The molecule has 32 heteroatoms. The second kappa shape index (κ2) is 32.0. The third-order valence-corrected chi connectivity index (χ3v) is 3.50. The molecule has 0 amide bonds. The van der Waals surface area contributed by atoms with E-state index >= 15 is 0 Å². The van der Waals surface area contributed by atoms with E-state index in [4.69, 9.17) is 46.1 Å². The number of esters is 1. The van der Waals surface area contributed by atoms with Gasteiger partial charge in [0.05, 0.1) is 0 Å². The van der Waals surface area contributed by atoms with E-state index in [2.05, 4.69) is 14.2 Å². The molecule has 0 bridgehead atoms. The maximum atomic E-state index is 13.0. The van der Waals surface area contributed by atoms with E-state index in [0.717, 1.165) is 7.11 Å². The monoisotopic (exact) mass is 871 g/mol. The average Bonchev–Trinajstić information content (AvgIpc) is 3.04. The van der Waals surface area contributed by atoms with Crippen LogP contribution in [-0.2, 0) is 35.3 Å². The molecule has 0 aliphatic heterocycles. The van der Waals surface area contributed by atoms with Crippen molar-refractivity contribution in [2.45, 2.75) is 0 Å². The average molecular weight is 871 g/mol. The third kappa shape index (κ3) is 30.7. The van der Waals surface area contributed by atoms with E-state index in [0.29, 0.717) is 0 Å².